The Bertz CT molecular complexity index is 200. The second kappa shape index (κ2) is 2.74. The molecule has 1 radical (unpaired) electrons. The maximum atomic E-state index is 12.0. The van der Waals surface area contributed by atoms with Crippen LogP contribution in [0.2, 0.25) is 0 Å². The van der Waals surface area contributed by atoms with Crippen molar-refractivity contribution >= 4 is 5.97 Å². The van der Waals surface area contributed by atoms with E-state index >= 15 is 0 Å². The minimum absolute atomic E-state index is 3.88. The second-order valence-corrected chi connectivity index (χ2v) is 1.94. The van der Waals surface area contributed by atoms with Crippen molar-refractivity contribution in [1.29, 1.82) is 0 Å². The molecule has 0 spiro atoms. The van der Waals surface area contributed by atoms with Gasteiger partial charge < -0.3 is 0 Å². The number of alkyl halides is 7. The molecule has 0 aromatic rings. The van der Waals surface area contributed by atoms with E-state index in [0.29, 0.717) is 0 Å². The third-order valence-electron chi connectivity index (χ3n) is 1.06. The van der Waals surface area contributed by atoms with Gasteiger partial charge in [0.05, 0.1) is 0 Å². The number of carbonyl (C=O) groups excluding carboxylic acids is 1. The van der Waals surface area contributed by atoms with Crippen LogP contribution >= 0.6 is 0 Å². The fraction of sp³-hybridized carbons (Fsp3) is 0.750. The predicted octanol–water partition coefficient (Wildman–Crippen LogP) is 1.78. The summed E-state index contributed by atoms with van der Waals surface area (Å²) < 4.78 is 80.0. The minimum atomic E-state index is -6.59. The van der Waals surface area contributed by atoms with E-state index in [2.05, 4.69) is 0 Å². The van der Waals surface area contributed by atoms with Crippen molar-refractivity contribution < 1.29 is 40.6 Å². The number of carbonyl (C=O) groups is 1. The molecule has 0 saturated carbocycles. The molecule has 0 bridgehead atoms. The van der Waals surface area contributed by atoms with Crippen molar-refractivity contribution in [3.8, 4) is 0 Å². The molecule has 0 aliphatic rings. The van der Waals surface area contributed by atoms with E-state index in [1.54, 1.807) is 0 Å². The lowest BCUT2D eigenvalue weighted by Crippen LogP contribution is -2.58. The van der Waals surface area contributed by atoms with Crippen LogP contribution in [0.5, 0.6) is 0 Å². The first kappa shape index (κ1) is 12.0. The summed E-state index contributed by atoms with van der Waals surface area (Å²) >= 11 is 0. The number of hydrogen-bond donors (Lipinski definition) is 0. The Morgan fingerprint density at radius 3 is 1.00 bits per heavy atom. The lowest BCUT2D eigenvalue weighted by atomic mass is 10.1. The molecule has 0 saturated heterocycles. The summed E-state index contributed by atoms with van der Waals surface area (Å²) in [6.07, 6.45) is -13.2. The zero-order valence-corrected chi connectivity index (χ0v) is 5.46. The first-order chi connectivity index (χ1) is 5.44. The molecule has 0 fully saturated rings. The lowest BCUT2D eigenvalue weighted by molar-refractivity contribution is -0.333. The van der Waals surface area contributed by atoms with Crippen LogP contribution < -0.4 is 0 Å². The highest BCUT2D eigenvalue weighted by Crippen LogP contribution is 2.46. The third kappa shape index (κ3) is 1.68. The number of rotatable bonds is 1. The van der Waals surface area contributed by atoms with Crippen LogP contribution in [0, 0.1) is 0 Å². The van der Waals surface area contributed by atoms with Crippen molar-refractivity contribution in [2.24, 2.45) is 0 Å². The Kier molecular flexibility index (Phi) is 2.52. The van der Waals surface area contributed by atoms with Gasteiger partial charge in [-0.1, -0.05) is 0 Å². The number of halogens is 7. The van der Waals surface area contributed by atoms with Gasteiger partial charge in [0.25, 0.3) is 0 Å². The molecule has 0 aromatic heterocycles. The molecule has 0 heterocycles. The fourth-order valence-electron chi connectivity index (χ4n) is 0.392. The summed E-state index contributed by atoms with van der Waals surface area (Å²) in [6.45, 7) is 0. The van der Waals surface area contributed by atoms with Gasteiger partial charge in [0, 0.05) is 0 Å². The maximum absolute atomic E-state index is 12.0. The van der Waals surface area contributed by atoms with Crippen LogP contribution in [0.3, 0.4) is 0 Å². The van der Waals surface area contributed by atoms with Crippen LogP contribution in [0.1, 0.15) is 0 Å². The van der Waals surface area contributed by atoms with Gasteiger partial charge in [-0.05, 0) is 0 Å². The van der Waals surface area contributed by atoms with Gasteiger partial charge in [0.1, 0.15) is 0 Å². The van der Waals surface area contributed by atoms with Crippen LogP contribution in [-0.4, -0.2) is 24.0 Å². The van der Waals surface area contributed by atoms with Gasteiger partial charge in [0.2, 0.25) is 0 Å². The molecular weight excluding hydrogens is 213 g/mol. The van der Waals surface area contributed by atoms with Gasteiger partial charge in [-0.25, -0.2) is 14.3 Å². The molecule has 9 heteroatoms. The lowest BCUT2D eigenvalue weighted by Gasteiger charge is -2.24. The quantitative estimate of drug-likeness (QED) is 0.611. The Hall–Kier alpha value is -1.02. The topological polar surface area (TPSA) is 37.0 Å². The van der Waals surface area contributed by atoms with Crippen LogP contribution in [0.15, 0.2) is 0 Å². The molecule has 0 N–H and O–H groups in total. The monoisotopic (exact) mass is 213 g/mol. The van der Waals surface area contributed by atoms with E-state index in [0.717, 1.165) is 0 Å². The summed E-state index contributed by atoms with van der Waals surface area (Å²) in [5, 5.41) is 9.39. The van der Waals surface area contributed by atoms with Gasteiger partial charge in [-0.2, -0.15) is 26.3 Å². The molecule has 0 unspecified atom stereocenters. The van der Waals surface area contributed by atoms with Gasteiger partial charge >= 0.3 is 24.0 Å². The Morgan fingerprint density at radius 1 is 0.769 bits per heavy atom. The molecule has 0 amide bonds. The van der Waals surface area contributed by atoms with E-state index in [9.17, 15) is 40.6 Å². The van der Waals surface area contributed by atoms with Crippen molar-refractivity contribution in [2.45, 2.75) is 18.0 Å². The summed E-state index contributed by atoms with van der Waals surface area (Å²) in [4.78, 5) is 9.39. The van der Waals surface area contributed by atoms with Crippen LogP contribution in [-0.2, 0) is 9.90 Å². The smallest absolute Gasteiger partial charge is 0.243 e. The van der Waals surface area contributed by atoms with E-state index < -0.39 is 24.0 Å². The molecule has 2 nitrogen and oxygen atoms in total. The van der Waals surface area contributed by atoms with Crippen molar-refractivity contribution in [3.63, 3.8) is 0 Å². The Labute approximate surface area is 65.9 Å². The summed E-state index contributed by atoms with van der Waals surface area (Å²) in [6, 6.07) is 0. The number of hydrogen-bond acceptors (Lipinski definition) is 1. The van der Waals surface area contributed by atoms with Crippen molar-refractivity contribution in [2.75, 3.05) is 0 Å². The van der Waals surface area contributed by atoms with E-state index in [1.807, 2.05) is 0 Å². The van der Waals surface area contributed by atoms with Gasteiger partial charge in [0.15, 0.2) is 0 Å². The third-order valence-corrected chi connectivity index (χ3v) is 1.06. The Balaban J connectivity index is 5.35. The van der Waals surface area contributed by atoms with Crippen molar-refractivity contribution in [3.05, 3.63) is 0 Å². The molecule has 0 aliphatic heterocycles. The normalized spacial score (nSPS) is 14.4. The minimum Gasteiger partial charge on any atom is -0.243 e. The molecule has 0 rings (SSSR count). The Morgan fingerprint density at radius 2 is 1.00 bits per heavy atom. The van der Waals surface area contributed by atoms with Crippen LogP contribution in [0.25, 0.3) is 0 Å². The first-order valence-corrected chi connectivity index (χ1v) is 2.48. The standard InChI is InChI=1S/C4F7O2/c5-2(1(12)13,3(6,7)8)4(9,10)11. The molecule has 0 atom stereocenters. The van der Waals surface area contributed by atoms with Gasteiger partial charge in [-0.3, -0.25) is 0 Å². The first-order valence-electron chi connectivity index (χ1n) is 2.48. The maximum Gasteiger partial charge on any atom is 0.443 e. The predicted molar refractivity (Wildman–Crippen MR) is 21.6 cm³/mol. The summed E-state index contributed by atoms with van der Waals surface area (Å²) in [5.74, 6) is -3.88. The van der Waals surface area contributed by atoms with Crippen LogP contribution in [0.4, 0.5) is 30.7 Å². The molecule has 77 valence electrons. The second-order valence-electron chi connectivity index (χ2n) is 1.94. The van der Waals surface area contributed by atoms with Crippen molar-refractivity contribution in [1.82, 2.24) is 0 Å². The zero-order chi connectivity index (χ0) is 11.1. The SMILES string of the molecule is [O]C(=O)C(F)(C(F)(F)F)C(F)(F)F. The molecule has 13 heavy (non-hydrogen) atoms. The highest BCUT2D eigenvalue weighted by molar-refractivity contribution is 5.79. The highest BCUT2D eigenvalue weighted by Gasteiger charge is 2.79. The van der Waals surface area contributed by atoms with E-state index in [4.69, 9.17) is 0 Å². The molecule has 0 aromatic carbocycles. The molecular formula is C4F7O2. The average molecular weight is 213 g/mol. The van der Waals surface area contributed by atoms with Gasteiger partial charge in [-0.15, -0.1) is 0 Å². The fourth-order valence-corrected chi connectivity index (χ4v) is 0.392. The largest absolute Gasteiger partial charge is 0.443 e. The average Bonchev–Trinajstić information content (AvgIpc) is 1.80. The van der Waals surface area contributed by atoms with E-state index in [1.165, 1.54) is 0 Å². The summed E-state index contributed by atoms with van der Waals surface area (Å²) in [5.41, 5.74) is -6.32. The zero-order valence-electron chi connectivity index (χ0n) is 5.46. The molecule has 0 aliphatic carbocycles. The highest BCUT2D eigenvalue weighted by atomic mass is 19.4. The van der Waals surface area contributed by atoms with E-state index in [-0.39, 0.29) is 0 Å². The summed E-state index contributed by atoms with van der Waals surface area (Å²) in [7, 11) is 0.